The maximum atomic E-state index is 11.2. The molecule has 0 saturated carbocycles. The number of amides is 1. The van der Waals surface area contributed by atoms with Gasteiger partial charge in [0.1, 0.15) is 0 Å². The van der Waals surface area contributed by atoms with E-state index in [4.69, 9.17) is 10.7 Å². The van der Waals surface area contributed by atoms with Gasteiger partial charge in [0.05, 0.1) is 5.52 Å². The van der Waals surface area contributed by atoms with Gasteiger partial charge in [-0.2, -0.15) is 0 Å². The molecule has 0 spiro atoms. The van der Waals surface area contributed by atoms with E-state index in [0.29, 0.717) is 19.0 Å². The van der Waals surface area contributed by atoms with Crippen LogP contribution in [-0.4, -0.2) is 17.4 Å². The average molecular weight is 462 g/mol. The Morgan fingerprint density at radius 2 is 1.84 bits per heavy atom. The number of rotatable bonds is 7. The van der Waals surface area contributed by atoms with E-state index in [-0.39, 0.29) is 30.7 Å². The fraction of sp³-hybridized carbons (Fsp3) is 0.360. The van der Waals surface area contributed by atoms with Gasteiger partial charge in [-0.15, -0.1) is 24.8 Å². The number of nitrogens with zero attached hydrogens (tertiary/aromatic N) is 1. The second-order valence-corrected chi connectivity index (χ2v) is 8.11. The normalized spacial score (nSPS) is 10.5. The van der Waals surface area contributed by atoms with Gasteiger partial charge in [0.15, 0.2) is 0 Å². The van der Waals surface area contributed by atoms with Crippen LogP contribution in [0.4, 0.5) is 0 Å². The van der Waals surface area contributed by atoms with Crippen LogP contribution in [-0.2, 0) is 24.2 Å². The number of hydrogen-bond donors (Lipinski definition) is 2. The molecule has 3 rings (SSSR count). The van der Waals surface area contributed by atoms with Crippen LogP contribution < -0.4 is 11.1 Å². The Bertz CT molecular complexity index is 1030. The van der Waals surface area contributed by atoms with Crippen LogP contribution in [0.1, 0.15) is 43.2 Å². The Labute approximate surface area is 197 Å². The molecule has 0 atom stereocenters. The van der Waals surface area contributed by atoms with Crippen molar-refractivity contribution in [3.05, 3.63) is 64.8 Å². The van der Waals surface area contributed by atoms with Crippen LogP contribution in [0.15, 0.2) is 42.5 Å². The van der Waals surface area contributed by atoms with Gasteiger partial charge in [0.2, 0.25) is 5.91 Å². The molecule has 0 radical (unpaired) electrons. The van der Waals surface area contributed by atoms with Crippen LogP contribution in [0.25, 0.3) is 22.0 Å². The lowest BCUT2D eigenvalue weighted by Crippen LogP contribution is -2.22. The number of pyridine rings is 1. The van der Waals surface area contributed by atoms with E-state index < -0.39 is 0 Å². The summed E-state index contributed by atoms with van der Waals surface area (Å²) in [7, 11) is 0. The molecule has 4 nitrogen and oxygen atoms in total. The first-order valence-electron chi connectivity index (χ1n) is 10.4. The first-order valence-corrected chi connectivity index (χ1v) is 10.4. The summed E-state index contributed by atoms with van der Waals surface area (Å²) in [5.74, 6) is 0.503. The summed E-state index contributed by atoms with van der Waals surface area (Å²) in [5, 5.41) is 4.01. The van der Waals surface area contributed by atoms with Crippen LogP contribution in [0.5, 0.6) is 0 Å². The zero-order valence-electron chi connectivity index (χ0n) is 18.7. The number of aromatic nitrogens is 1. The number of hydrogen-bond acceptors (Lipinski definition) is 3. The van der Waals surface area contributed by atoms with Crippen molar-refractivity contribution in [2.45, 2.75) is 47.1 Å². The maximum Gasteiger partial charge on any atom is 0.216 e. The summed E-state index contributed by atoms with van der Waals surface area (Å²) in [6, 6.07) is 14.9. The fourth-order valence-electron chi connectivity index (χ4n) is 3.88. The number of carbonyl (C=O) groups is 1. The van der Waals surface area contributed by atoms with Gasteiger partial charge < -0.3 is 11.1 Å². The Kier molecular flexibility index (Phi) is 10.4. The molecule has 0 aliphatic rings. The molecule has 0 bridgehead atoms. The molecular weight excluding hydrogens is 429 g/mol. The monoisotopic (exact) mass is 461 g/mol. The van der Waals surface area contributed by atoms with Gasteiger partial charge in [-0.1, -0.05) is 44.2 Å². The quantitative estimate of drug-likeness (QED) is 0.495. The second-order valence-electron chi connectivity index (χ2n) is 8.11. The molecule has 6 heteroatoms. The van der Waals surface area contributed by atoms with E-state index in [1.807, 2.05) is 0 Å². The summed E-state index contributed by atoms with van der Waals surface area (Å²) in [6.07, 6.45) is 1.69. The smallest absolute Gasteiger partial charge is 0.216 e. The molecule has 0 aliphatic carbocycles. The predicted molar refractivity (Wildman–Crippen MR) is 135 cm³/mol. The van der Waals surface area contributed by atoms with Crippen molar-refractivity contribution in [2.24, 2.45) is 11.7 Å². The predicted octanol–water partition coefficient (Wildman–Crippen LogP) is 5.39. The molecule has 3 N–H and O–H groups in total. The lowest BCUT2D eigenvalue weighted by Gasteiger charge is -2.19. The molecule has 2 aromatic carbocycles. The SMILES string of the molecule is CC(=O)NCCc1ccc2nc(CC(C)C)c(CN)c(-c3ccccc3C)c2c1.Cl.Cl. The first-order chi connectivity index (χ1) is 13.9. The van der Waals surface area contributed by atoms with Gasteiger partial charge >= 0.3 is 0 Å². The van der Waals surface area contributed by atoms with Gasteiger partial charge in [0.25, 0.3) is 0 Å². The van der Waals surface area contributed by atoms with Gasteiger partial charge in [0, 0.05) is 31.1 Å². The molecule has 31 heavy (non-hydrogen) atoms. The van der Waals surface area contributed by atoms with Crippen molar-refractivity contribution < 1.29 is 4.79 Å². The van der Waals surface area contributed by atoms with Gasteiger partial charge in [-0.25, -0.2) is 0 Å². The number of nitrogens with one attached hydrogen (secondary N) is 1. The van der Waals surface area contributed by atoms with Crippen molar-refractivity contribution >= 4 is 41.6 Å². The van der Waals surface area contributed by atoms with Crippen molar-refractivity contribution in [3.8, 4) is 11.1 Å². The van der Waals surface area contributed by atoms with Crippen molar-refractivity contribution in [3.63, 3.8) is 0 Å². The number of fused-ring (bicyclic) bond motifs is 1. The largest absolute Gasteiger partial charge is 0.356 e. The van der Waals surface area contributed by atoms with Crippen molar-refractivity contribution in [1.82, 2.24) is 10.3 Å². The molecule has 168 valence electrons. The van der Waals surface area contributed by atoms with Crippen LogP contribution in [0.3, 0.4) is 0 Å². The van der Waals surface area contributed by atoms with Crippen molar-refractivity contribution in [1.29, 1.82) is 0 Å². The van der Waals surface area contributed by atoms with Crippen LogP contribution in [0.2, 0.25) is 0 Å². The minimum absolute atomic E-state index is 0. The Balaban J connectivity index is 0.00000240. The summed E-state index contributed by atoms with van der Waals surface area (Å²) in [6.45, 7) is 9.21. The van der Waals surface area contributed by atoms with E-state index in [1.54, 1.807) is 6.92 Å². The fourth-order valence-corrected chi connectivity index (χ4v) is 3.88. The van der Waals surface area contributed by atoms with Gasteiger partial charge in [-0.3, -0.25) is 9.78 Å². The Hall–Kier alpha value is -2.14. The lowest BCUT2D eigenvalue weighted by molar-refractivity contribution is -0.118. The number of halogens is 2. The van der Waals surface area contributed by atoms with E-state index in [2.05, 4.69) is 68.6 Å². The molecule has 3 aromatic rings. The van der Waals surface area contributed by atoms with Crippen LogP contribution >= 0.6 is 24.8 Å². The third-order valence-electron chi connectivity index (χ3n) is 5.24. The van der Waals surface area contributed by atoms with E-state index in [9.17, 15) is 4.79 Å². The number of carbonyl (C=O) groups excluding carboxylic acids is 1. The van der Waals surface area contributed by atoms with Crippen molar-refractivity contribution in [2.75, 3.05) is 6.54 Å². The zero-order valence-corrected chi connectivity index (χ0v) is 20.3. The van der Waals surface area contributed by atoms with E-state index >= 15 is 0 Å². The maximum absolute atomic E-state index is 11.2. The van der Waals surface area contributed by atoms with E-state index in [0.717, 1.165) is 35.0 Å². The third-order valence-corrected chi connectivity index (χ3v) is 5.24. The minimum Gasteiger partial charge on any atom is -0.356 e. The molecule has 0 unspecified atom stereocenters. The third kappa shape index (κ3) is 6.42. The zero-order chi connectivity index (χ0) is 21.0. The topological polar surface area (TPSA) is 68.0 Å². The molecule has 0 aliphatic heterocycles. The Morgan fingerprint density at radius 1 is 1.13 bits per heavy atom. The number of nitrogens with two attached hydrogens (primary N) is 1. The second kappa shape index (κ2) is 12.0. The summed E-state index contributed by atoms with van der Waals surface area (Å²) in [4.78, 5) is 16.2. The summed E-state index contributed by atoms with van der Waals surface area (Å²) >= 11 is 0. The molecular formula is C25H33Cl2N3O. The van der Waals surface area contributed by atoms with E-state index in [1.165, 1.54) is 22.3 Å². The highest BCUT2D eigenvalue weighted by molar-refractivity contribution is 5.98. The highest BCUT2D eigenvalue weighted by Crippen LogP contribution is 2.36. The minimum atomic E-state index is -0.00296. The highest BCUT2D eigenvalue weighted by Gasteiger charge is 2.18. The number of benzene rings is 2. The molecule has 0 fully saturated rings. The average Bonchev–Trinajstić information content (AvgIpc) is 2.67. The number of aryl methyl sites for hydroxylation is 1. The summed E-state index contributed by atoms with van der Waals surface area (Å²) in [5.41, 5.74) is 14.3. The molecule has 1 aromatic heterocycles. The molecule has 1 amide bonds. The summed E-state index contributed by atoms with van der Waals surface area (Å²) < 4.78 is 0. The molecule has 1 heterocycles. The van der Waals surface area contributed by atoms with Gasteiger partial charge in [-0.05, 0) is 65.6 Å². The highest BCUT2D eigenvalue weighted by atomic mass is 35.5. The standard InChI is InChI=1S/C25H31N3O.2ClH/c1-16(2)13-24-22(15-26)25(20-8-6-5-7-17(20)3)21-14-19(9-10-23(21)28-24)11-12-27-18(4)29;;/h5-10,14,16H,11-13,15,26H2,1-4H3,(H,27,29);2*1H. The first kappa shape index (κ1) is 26.9. The van der Waals surface area contributed by atoms with Crippen LogP contribution in [0, 0.1) is 12.8 Å². The molecule has 0 saturated heterocycles. The lowest BCUT2D eigenvalue weighted by atomic mass is 9.89. The Morgan fingerprint density at radius 3 is 2.45 bits per heavy atom.